The van der Waals surface area contributed by atoms with E-state index in [1.807, 2.05) is 30.3 Å². The lowest BCUT2D eigenvalue weighted by molar-refractivity contribution is 0.443. The number of benzene rings is 2. The first-order chi connectivity index (χ1) is 10.8. The highest BCUT2D eigenvalue weighted by molar-refractivity contribution is 14.1. The van der Waals surface area contributed by atoms with Crippen molar-refractivity contribution >= 4 is 45.2 Å². The van der Waals surface area contributed by atoms with E-state index in [0.717, 1.165) is 14.7 Å². The van der Waals surface area contributed by atoms with Crippen LogP contribution in [0.3, 0.4) is 0 Å². The fourth-order valence-corrected chi connectivity index (χ4v) is 4.09. The number of aromatic hydroxyl groups is 2. The third kappa shape index (κ3) is 6.10. The molecule has 0 fully saturated rings. The van der Waals surface area contributed by atoms with Gasteiger partial charge in [-0.15, -0.1) is 0 Å². The Balaban J connectivity index is 0.000000243. The van der Waals surface area contributed by atoms with E-state index in [0.29, 0.717) is 11.5 Å². The summed E-state index contributed by atoms with van der Waals surface area (Å²) in [5.74, 6) is 0.813. The van der Waals surface area contributed by atoms with Crippen molar-refractivity contribution in [2.75, 3.05) is 0 Å². The average Bonchev–Trinajstić information content (AvgIpc) is 2.41. The van der Waals surface area contributed by atoms with Gasteiger partial charge in [0.15, 0.2) is 0 Å². The maximum Gasteiger partial charge on any atom is 0.132 e. The Bertz CT molecular complexity index is 696. The molecule has 2 aromatic rings. The van der Waals surface area contributed by atoms with E-state index in [9.17, 15) is 10.2 Å². The first-order valence-corrected chi connectivity index (χ1v) is 9.96. The number of rotatable bonds is 0. The fraction of sp³-hybridized carbons (Fsp3) is 0.400. The normalized spacial score (nSPS) is 11.7. The lowest BCUT2D eigenvalue weighted by Crippen LogP contribution is -2.12. The lowest BCUT2D eigenvalue weighted by Gasteiger charge is -2.21. The number of hydrogen-bond acceptors (Lipinski definition) is 2. The summed E-state index contributed by atoms with van der Waals surface area (Å²) in [7, 11) is 0. The Morgan fingerprint density at radius 2 is 1.25 bits per heavy atom. The van der Waals surface area contributed by atoms with Gasteiger partial charge < -0.3 is 10.2 Å². The van der Waals surface area contributed by atoms with Gasteiger partial charge in [0.2, 0.25) is 0 Å². The van der Waals surface area contributed by atoms with Gasteiger partial charge in [-0.2, -0.15) is 0 Å². The number of halogens is 2. The van der Waals surface area contributed by atoms with Crippen molar-refractivity contribution in [3.63, 3.8) is 0 Å². The summed E-state index contributed by atoms with van der Waals surface area (Å²) in [4.78, 5) is 0. The minimum absolute atomic E-state index is 0.00515. The van der Waals surface area contributed by atoms with Gasteiger partial charge >= 0.3 is 0 Å². The Kier molecular flexibility index (Phi) is 7.41. The zero-order valence-corrected chi connectivity index (χ0v) is 19.4. The van der Waals surface area contributed by atoms with Crippen LogP contribution in [0.4, 0.5) is 0 Å². The number of phenolic OH excluding ortho intramolecular Hbond substituents is 2. The topological polar surface area (TPSA) is 40.5 Å². The summed E-state index contributed by atoms with van der Waals surface area (Å²) in [6.07, 6.45) is 0. The van der Waals surface area contributed by atoms with E-state index in [4.69, 9.17) is 0 Å². The molecule has 0 spiro atoms. The van der Waals surface area contributed by atoms with Gasteiger partial charge in [-0.3, -0.25) is 0 Å². The second-order valence-electron chi connectivity index (χ2n) is 7.80. The number of phenols is 2. The van der Waals surface area contributed by atoms with Gasteiger partial charge in [0.25, 0.3) is 0 Å². The molecule has 4 heteroatoms. The molecule has 0 bridgehead atoms. The van der Waals surface area contributed by atoms with Crippen molar-refractivity contribution in [3.8, 4) is 11.5 Å². The Morgan fingerprint density at radius 3 is 1.67 bits per heavy atom. The van der Waals surface area contributed by atoms with Crippen LogP contribution in [-0.4, -0.2) is 10.2 Å². The lowest BCUT2D eigenvalue weighted by atomic mass is 9.86. The van der Waals surface area contributed by atoms with E-state index in [1.165, 1.54) is 3.57 Å². The van der Waals surface area contributed by atoms with Gasteiger partial charge in [0.05, 0.1) is 3.57 Å². The maximum absolute atomic E-state index is 9.85. The molecule has 0 aliphatic rings. The van der Waals surface area contributed by atoms with Crippen molar-refractivity contribution in [1.29, 1.82) is 0 Å². The van der Waals surface area contributed by atoms with Crippen molar-refractivity contribution in [3.05, 3.63) is 54.7 Å². The van der Waals surface area contributed by atoms with Crippen LogP contribution in [0.1, 0.15) is 52.7 Å². The predicted octanol–water partition coefficient (Wildman–Crippen LogP) is 6.59. The summed E-state index contributed by atoms with van der Waals surface area (Å²) in [6, 6.07) is 11.5. The van der Waals surface area contributed by atoms with Gasteiger partial charge in [-0.25, -0.2) is 0 Å². The van der Waals surface area contributed by atoms with Crippen molar-refractivity contribution in [2.45, 2.75) is 52.4 Å². The molecule has 2 rings (SSSR count). The molecule has 132 valence electrons. The quantitative estimate of drug-likeness (QED) is 0.363. The molecule has 2 nitrogen and oxygen atoms in total. The fourth-order valence-electron chi connectivity index (χ4n) is 2.25. The highest BCUT2D eigenvalue weighted by Gasteiger charge is 2.20. The Labute approximate surface area is 173 Å². The van der Waals surface area contributed by atoms with E-state index in [2.05, 4.69) is 86.7 Å². The molecular formula is C20H26I2O2. The SMILES string of the molecule is CC(C)(C)c1cc(I)cc(I)c1O.CC(C)(C)c1ccccc1O. The second-order valence-corrected chi connectivity index (χ2v) is 10.2. The molecule has 24 heavy (non-hydrogen) atoms. The molecule has 0 saturated heterocycles. The number of hydrogen-bond donors (Lipinski definition) is 2. The maximum atomic E-state index is 9.85. The summed E-state index contributed by atoms with van der Waals surface area (Å²) in [5.41, 5.74) is 2.06. The van der Waals surface area contributed by atoms with Gasteiger partial charge in [0, 0.05) is 9.13 Å². The van der Waals surface area contributed by atoms with Crippen molar-refractivity contribution in [2.24, 2.45) is 0 Å². The molecular weight excluding hydrogens is 526 g/mol. The molecule has 0 atom stereocenters. The number of para-hydroxylation sites is 1. The van der Waals surface area contributed by atoms with Crippen LogP contribution in [0.15, 0.2) is 36.4 Å². The molecule has 0 aliphatic heterocycles. The van der Waals surface area contributed by atoms with Gasteiger partial charge in [-0.1, -0.05) is 59.7 Å². The smallest absolute Gasteiger partial charge is 0.132 e. The summed E-state index contributed by atoms with van der Waals surface area (Å²) >= 11 is 4.43. The monoisotopic (exact) mass is 552 g/mol. The summed E-state index contributed by atoms with van der Waals surface area (Å²) < 4.78 is 2.10. The van der Waals surface area contributed by atoms with Crippen LogP contribution >= 0.6 is 45.2 Å². The minimum atomic E-state index is 0.00515. The average molecular weight is 552 g/mol. The van der Waals surface area contributed by atoms with Gasteiger partial charge in [0.1, 0.15) is 11.5 Å². The van der Waals surface area contributed by atoms with Crippen LogP contribution in [0.25, 0.3) is 0 Å². The first kappa shape index (κ1) is 21.5. The second kappa shape index (κ2) is 8.25. The zero-order valence-electron chi connectivity index (χ0n) is 15.1. The zero-order chi connectivity index (χ0) is 18.7. The molecule has 0 amide bonds. The van der Waals surface area contributed by atoms with Crippen LogP contribution < -0.4 is 0 Å². The highest BCUT2D eigenvalue weighted by Crippen LogP contribution is 2.35. The van der Waals surface area contributed by atoms with E-state index in [1.54, 1.807) is 6.07 Å². The molecule has 0 heterocycles. The molecule has 0 saturated carbocycles. The molecule has 0 aliphatic carbocycles. The van der Waals surface area contributed by atoms with Gasteiger partial charge in [-0.05, 0) is 79.8 Å². The molecule has 2 aromatic carbocycles. The molecule has 0 radical (unpaired) electrons. The summed E-state index contributed by atoms with van der Waals surface area (Å²) in [6.45, 7) is 12.6. The van der Waals surface area contributed by atoms with Crippen molar-refractivity contribution in [1.82, 2.24) is 0 Å². The highest BCUT2D eigenvalue weighted by atomic mass is 127. The minimum Gasteiger partial charge on any atom is -0.508 e. The van der Waals surface area contributed by atoms with E-state index < -0.39 is 0 Å². The van der Waals surface area contributed by atoms with Crippen LogP contribution in [0.5, 0.6) is 11.5 Å². The molecule has 0 unspecified atom stereocenters. The largest absolute Gasteiger partial charge is 0.508 e. The first-order valence-electron chi connectivity index (χ1n) is 7.81. The van der Waals surface area contributed by atoms with E-state index in [-0.39, 0.29) is 10.8 Å². The summed E-state index contributed by atoms with van der Waals surface area (Å²) in [5, 5.41) is 19.3. The molecule has 2 N–H and O–H groups in total. The predicted molar refractivity (Wildman–Crippen MR) is 119 cm³/mol. The van der Waals surface area contributed by atoms with Crippen LogP contribution in [0.2, 0.25) is 0 Å². The Morgan fingerprint density at radius 1 is 0.750 bits per heavy atom. The van der Waals surface area contributed by atoms with E-state index >= 15 is 0 Å². The molecule has 0 aromatic heterocycles. The third-order valence-corrected chi connectivity index (χ3v) is 4.99. The van der Waals surface area contributed by atoms with Crippen molar-refractivity contribution < 1.29 is 10.2 Å². The van der Waals surface area contributed by atoms with Crippen LogP contribution in [-0.2, 0) is 10.8 Å². The Hall–Kier alpha value is -0.500. The van der Waals surface area contributed by atoms with Crippen LogP contribution in [0, 0.1) is 7.14 Å². The third-order valence-electron chi connectivity index (χ3n) is 3.55. The standard InChI is InChI=1S/C10H12I2O.C10H14O/c1-10(2,3)7-4-6(11)5-8(12)9(7)13;1-10(2,3)8-6-4-5-7-9(8)11/h4-5,13H,1-3H3;4-7,11H,1-3H3.